The highest BCUT2D eigenvalue weighted by Crippen LogP contribution is 2.35. The molecule has 0 aliphatic heterocycles. The van der Waals surface area contributed by atoms with Gasteiger partial charge in [0.15, 0.2) is 0 Å². The van der Waals surface area contributed by atoms with E-state index in [4.69, 9.17) is 0 Å². The van der Waals surface area contributed by atoms with Crippen molar-refractivity contribution in [3.63, 3.8) is 0 Å². The number of hydrogen-bond acceptors (Lipinski definition) is 1. The van der Waals surface area contributed by atoms with Crippen LogP contribution in [0.5, 0.6) is 0 Å². The van der Waals surface area contributed by atoms with Gasteiger partial charge in [-0.2, -0.15) is 0 Å². The second-order valence-corrected chi connectivity index (χ2v) is 5.01. The van der Waals surface area contributed by atoms with Crippen molar-refractivity contribution in [2.45, 2.75) is 47.0 Å². The molecule has 0 radical (unpaired) electrons. The lowest BCUT2D eigenvalue weighted by atomic mass is 9.93. The summed E-state index contributed by atoms with van der Waals surface area (Å²) in [6.45, 7) is 17.0. The molecule has 0 fully saturated rings. The average Bonchev–Trinajstić information content (AvgIpc) is 2.82. The summed E-state index contributed by atoms with van der Waals surface area (Å²) in [5.74, 6) is 0. The number of benzene rings is 1. The van der Waals surface area contributed by atoms with Gasteiger partial charge in [0.1, 0.15) is 0 Å². The summed E-state index contributed by atoms with van der Waals surface area (Å²) in [4.78, 5) is 0. The molecule has 0 saturated heterocycles. The quantitative estimate of drug-likeness (QED) is 0.622. The molecule has 0 bridgehead atoms. The van der Waals surface area contributed by atoms with Crippen molar-refractivity contribution in [2.75, 3.05) is 13.6 Å². The Balaban J connectivity index is 0.00000123. The van der Waals surface area contributed by atoms with Gasteiger partial charge in [-0.1, -0.05) is 83.3 Å². The third-order valence-corrected chi connectivity index (χ3v) is 3.80. The molecule has 1 heteroatoms. The fraction of sp³-hybridized carbons (Fsp3) is 0.391. The molecule has 1 aromatic rings. The monoisotopic (exact) mass is 325 g/mol. The molecule has 1 nitrogen and oxygen atoms in total. The summed E-state index contributed by atoms with van der Waals surface area (Å²) in [5.41, 5.74) is 6.60. The van der Waals surface area contributed by atoms with Crippen molar-refractivity contribution < 1.29 is 0 Å². The Labute approximate surface area is 149 Å². The Morgan fingerprint density at radius 3 is 2.25 bits per heavy atom. The van der Waals surface area contributed by atoms with Crippen LogP contribution >= 0.6 is 0 Å². The molecule has 0 heterocycles. The van der Waals surface area contributed by atoms with Gasteiger partial charge in [0.25, 0.3) is 0 Å². The third kappa shape index (κ3) is 5.98. The van der Waals surface area contributed by atoms with E-state index in [9.17, 15) is 0 Å². The number of hydrogen-bond donors (Lipinski definition) is 1. The Morgan fingerprint density at radius 2 is 1.67 bits per heavy atom. The highest BCUT2D eigenvalue weighted by atomic mass is 14.8. The molecule has 0 aromatic heterocycles. The summed E-state index contributed by atoms with van der Waals surface area (Å²) in [7, 11) is 1.99. The van der Waals surface area contributed by atoms with Crippen LogP contribution in [0.1, 0.15) is 51.7 Å². The first-order valence-corrected chi connectivity index (χ1v) is 9.23. The molecule has 0 spiro atoms. The maximum atomic E-state index is 4.01. The lowest BCUT2D eigenvalue weighted by Gasteiger charge is -2.12. The van der Waals surface area contributed by atoms with Crippen LogP contribution in [0.3, 0.4) is 0 Å². The Hall–Kier alpha value is -1.86. The number of rotatable bonds is 5. The Morgan fingerprint density at radius 1 is 1.00 bits per heavy atom. The third-order valence-electron chi connectivity index (χ3n) is 3.80. The number of fused-ring (bicyclic) bond motifs is 1. The first-order valence-electron chi connectivity index (χ1n) is 9.23. The maximum absolute atomic E-state index is 4.01. The van der Waals surface area contributed by atoms with E-state index in [1.807, 2.05) is 46.9 Å². The minimum atomic E-state index is 0.986. The molecule has 132 valence electrons. The molecular weight excluding hydrogens is 290 g/mol. The predicted molar refractivity (Wildman–Crippen MR) is 111 cm³/mol. The van der Waals surface area contributed by atoms with Gasteiger partial charge in [-0.05, 0) is 60.7 Å². The topological polar surface area (TPSA) is 12.0 Å². The van der Waals surface area contributed by atoms with Gasteiger partial charge in [0.2, 0.25) is 0 Å². The van der Waals surface area contributed by atoms with E-state index in [2.05, 4.69) is 48.8 Å². The van der Waals surface area contributed by atoms with Crippen LogP contribution in [-0.2, 0) is 6.42 Å². The van der Waals surface area contributed by atoms with Gasteiger partial charge in [-0.15, -0.1) is 0 Å². The minimum absolute atomic E-state index is 0.986. The van der Waals surface area contributed by atoms with E-state index in [0.717, 1.165) is 25.8 Å². The fourth-order valence-electron chi connectivity index (χ4n) is 2.76. The van der Waals surface area contributed by atoms with Crippen molar-refractivity contribution in [1.29, 1.82) is 0 Å². The van der Waals surface area contributed by atoms with E-state index in [-0.39, 0.29) is 0 Å². The number of allylic oxidation sites excluding steroid dienone is 5. The standard InChI is InChI=1S/C19H23N.2C2H6/c1-4-15-12-13-16-9-6-7-10-18(16)19(17(15)5-2)11-8-14-20-3;2*1-2/h4-7,9-11,20H,1-2,8,12-14H2,3H3;2*1-2H3/b19-11+;;. The SMILES string of the molecule is C=CC1=C(C=C)/C(=C\CCNC)c2ccccc2CC1.CC.CC. The maximum Gasteiger partial charge on any atom is -0.00169 e. The minimum Gasteiger partial charge on any atom is -0.319 e. The first-order chi connectivity index (χ1) is 11.8. The van der Waals surface area contributed by atoms with Crippen LogP contribution in [0, 0.1) is 0 Å². The van der Waals surface area contributed by atoms with Gasteiger partial charge < -0.3 is 5.32 Å². The molecule has 24 heavy (non-hydrogen) atoms. The second kappa shape index (κ2) is 13.6. The number of nitrogens with one attached hydrogen (secondary N) is 1. The molecule has 0 saturated carbocycles. The van der Waals surface area contributed by atoms with Gasteiger partial charge >= 0.3 is 0 Å². The van der Waals surface area contributed by atoms with E-state index in [1.54, 1.807) is 0 Å². The normalized spacial score (nSPS) is 14.5. The molecule has 1 aliphatic rings. The van der Waals surface area contributed by atoms with Crippen LogP contribution in [0.4, 0.5) is 0 Å². The zero-order chi connectivity index (χ0) is 18.4. The zero-order valence-electron chi connectivity index (χ0n) is 16.3. The molecule has 2 rings (SSSR count). The summed E-state index contributed by atoms with van der Waals surface area (Å²) >= 11 is 0. The van der Waals surface area contributed by atoms with E-state index < -0.39 is 0 Å². The fourth-order valence-corrected chi connectivity index (χ4v) is 2.76. The smallest absolute Gasteiger partial charge is 0.00169 e. The van der Waals surface area contributed by atoms with Crippen LogP contribution in [0.2, 0.25) is 0 Å². The van der Waals surface area contributed by atoms with Gasteiger partial charge in [-0.3, -0.25) is 0 Å². The molecule has 0 unspecified atom stereocenters. The van der Waals surface area contributed by atoms with E-state index >= 15 is 0 Å². The summed E-state index contributed by atoms with van der Waals surface area (Å²) in [6, 6.07) is 8.69. The van der Waals surface area contributed by atoms with E-state index in [1.165, 1.54) is 27.8 Å². The summed E-state index contributed by atoms with van der Waals surface area (Å²) in [5, 5.41) is 3.20. The molecule has 0 atom stereocenters. The highest BCUT2D eigenvalue weighted by Gasteiger charge is 2.16. The Kier molecular flexibility index (Phi) is 12.5. The second-order valence-electron chi connectivity index (χ2n) is 5.01. The van der Waals surface area contributed by atoms with Crippen molar-refractivity contribution in [2.24, 2.45) is 0 Å². The molecule has 1 aromatic carbocycles. The molecule has 1 N–H and O–H groups in total. The van der Waals surface area contributed by atoms with Gasteiger partial charge in [0.05, 0.1) is 0 Å². The largest absolute Gasteiger partial charge is 0.319 e. The highest BCUT2D eigenvalue weighted by molar-refractivity contribution is 5.85. The summed E-state index contributed by atoms with van der Waals surface area (Å²) in [6.07, 6.45) is 9.39. The number of aryl methyl sites for hydroxylation is 1. The molecular formula is C23H35N. The van der Waals surface area contributed by atoms with Crippen molar-refractivity contribution in [3.05, 3.63) is 77.9 Å². The van der Waals surface area contributed by atoms with Crippen molar-refractivity contribution >= 4 is 5.57 Å². The molecule has 0 amide bonds. The Bertz CT molecular complexity index is 561. The van der Waals surface area contributed by atoms with Crippen LogP contribution in [0.25, 0.3) is 5.57 Å². The van der Waals surface area contributed by atoms with Crippen molar-refractivity contribution in [3.8, 4) is 0 Å². The van der Waals surface area contributed by atoms with Gasteiger partial charge in [0, 0.05) is 0 Å². The van der Waals surface area contributed by atoms with Gasteiger partial charge in [-0.25, -0.2) is 0 Å². The average molecular weight is 326 g/mol. The van der Waals surface area contributed by atoms with Crippen LogP contribution in [-0.4, -0.2) is 13.6 Å². The van der Waals surface area contributed by atoms with Crippen LogP contribution in [0.15, 0.2) is 66.8 Å². The lowest BCUT2D eigenvalue weighted by molar-refractivity contribution is 0.808. The molecule has 1 aliphatic carbocycles. The lowest BCUT2D eigenvalue weighted by Crippen LogP contribution is -2.06. The van der Waals surface area contributed by atoms with E-state index in [0.29, 0.717) is 0 Å². The van der Waals surface area contributed by atoms with Crippen LogP contribution < -0.4 is 5.32 Å². The zero-order valence-corrected chi connectivity index (χ0v) is 16.3. The summed E-state index contributed by atoms with van der Waals surface area (Å²) < 4.78 is 0. The predicted octanol–water partition coefficient (Wildman–Crippen LogP) is 6.35. The van der Waals surface area contributed by atoms with Crippen molar-refractivity contribution in [1.82, 2.24) is 5.32 Å². The first kappa shape index (κ1) is 22.1.